The lowest BCUT2D eigenvalue weighted by Crippen LogP contribution is -2.42. The van der Waals surface area contributed by atoms with E-state index < -0.39 is 6.04 Å². The van der Waals surface area contributed by atoms with E-state index in [0.717, 1.165) is 5.56 Å². The zero-order valence-electron chi connectivity index (χ0n) is 16.4. The van der Waals surface area contributed by atoms with Crippen molar-refractivity contribution in [1.82, 2.24) is 4.90 Å². The fourth-order valence-corrected chi connectivity index (χ4v) is 2.66. The van der Waals surface area contributed by atoms with Gasteiger partial charge >= 0.3 is 0 Å². The predicted molar refractivity (Wildman–Crippen MR) is 104 cm³/mol. The van der Waals surface area contributed by atoms with E-state index in [9.17, 15) is 4.79 Å². The van der Waals surface area contributed by atoms with Gasteiger partial charge in [0.05, 0.1) is 66.1 Å². The Bertz CT molecular complexity index is 513. The van der Waals surface area contributed by atoms with Crippen LogP contribution >= 0.6 is 0 Å². The summed E-state index contributed by atoms with van der Waals surface area (Å²) in [4.78, 5) is 14.5. The lowest BCUT2D eigenvalue weighted by Gasteiger charge is -2.26. The van der Waals surface area contributed by atoms with E-state index in [1.807, 2.05) is 30.3 Å². The Morgan fingerprint density at radius 2 is 1.11 bits per heavy atom. The summed E-state index contributed by atoms with van der Waals surface area (Å²) in [5, 5.41) is 0. The molecular weight excluding hydrogens is 364 g/mol. The zero-order valence-corrected chi connectivity index (χ0v) is 16.4. The molecule has 2 N–H and O–H groups in total. The molecule has 0 aliphatic carbocycles. The zero-order chi connectivity index (χ0) is 19.9. The third kappa shape index (κ3) is 9.09. The minimum Gasteiger partial charge on any atom is -0.377 e. The minimum atomic E-state index is -0.703. The maximum Gasteiger partial charge on any atom is 0.244 e. The molecule has 1 unspecified atom stereocenters. The fraction of sp³-hybridized carbons (Fsp3) is 0.650. The summed E-state index contributed by atoms with van der Waals surface area (Å²) in [6.45, 7) is 5.71. The summed E-state index contributed by atoms with van der Waals surface area (Å²) in [5.41, 5.74) is 6.97. The van der Waals surface area contributed by atoms with Gasteiger partial charge in [-0.05, 0) is 5.56 Å². The van der Waals surface area contributed by atoms with Gasteiger partial charge in [0.15, 0.2) is 0 Å². The number of hydrogen-bond donors (Lipinski definition) is 1. The molecule has 28 heavy (non-hydrogen) atoms. The molecule has 1 aromatic carbocycles. The van der Waals surface area contributed by atoms with E-state index in [1.54, 1.807) is 4.90 Å². The summed E-state index contributed by atoms with van der Waals surface area (Å²) >= 11 is 0. The molecule has 1 aliphatic heterocycles. The fourth-order valence-electron chi connectivity index (χ4n) is 2.66. The second-order valence-electron chi connectivity index (χ2n) is 6.28. The smallest absolute Gasteiger partial charge is 0.244 e. The summed E-state index contributed by atoms with van der Waals surface area (Å²) in [6.07, 6.45) is 0. The normalized spacial score (nSPS) is 20.7. The van der Waals surface area contributed by atoms with Crippen LogP contribution in [0.25, 0.3) is 0 Å². The first-order valence-electron chi connectivity index (χ1n) is 9.77. The van der Waals surface area contributed by atoms with Crippen molar-refractivity contribution < 1.29 is 28.5 Å². The SMILES string of the molecule is NC(C(=O)N1CCOCCOCCOCCOCCOCC1)c1ccccc1. The predicted octanol–water partition coefficient (Wildman–Crippen LogP) is 0.612. The van der Waals surface area contributed by atoms with Gasteiger partial charge in [0.25, 0.3) is 0 Å². The quantitative estimate of drug-likeness (QED) is 0.783. The highest BCUT2D eigenvalue weighted by atomic mass is 16.6. The summed E-state index contributed by atoms with van der Waals surface area (Å²) < 4.78 is 27.4. The molecule has 2 rings (SSSR count). The van der Waals surface area contributed by atoms with Crippen molar-refractivity contribution >= 4 is 5.91 Å². The van der Waals surface area contributed by atoms with Gasteiger partial charge in [-0.15, -0.1) is 0 Å². The summed E-state index contributed by atoms with van der Waals surface area (Å²) in [6, 6.07) is 8.66. The molecule has 0 bridgehead atoms. The van der Waals surface area contributed by atoms with E-state index in [-0.39, 0.29) is 5.91 Å². The van der Waals surface area contributed by atoms with E-state index in [0.29, 0.717) is 79.2 Å². The number of carbonyl (C=O) groups excluding carboxylic acids is 1. The Morgan fingerprint density at radius 3 is 1.54 bits per heavy atom. The number of nitrogens with two attached hydrogens (primary N) is 1. The van der Waals surface area contributed by atoms with E-state index in [2.05, 4.69) is 0 Å². The van der Waals surface area contributed by atoms with Gasteiger partial charge < -0.3 is 34.3 Å². The third-order valence-electron chi connectivity index (χ3n) is 4.24. The second-order valence-corrected chi connectivity index (χ2v) is 6.28. The lowest BCUT2D eigenvalue weighted by molar-refractivity contribution is -0.134. The molecular formula is C20H32N2O6. The average molecular weight is 396 g/mol. The van der Waals surface area contributed by atoms with Crippen LogP contribution in [0.5, 0.6) is 0 Å². The Morgan fingerprint density at radius 1 is 0.714 bits per heavy atom. The van der Waals surface area contributed by atoms with Crippen molar-refractivity contribution in [3.8, 4) is 0 Å². The molecule has 1 amide bonds. The average Bonchev–Trinajstić information content (AvgIpc) is 2.73. The molecule has 1 atom stereocenters. The Hall–Kier alpha value is -1.55. The topological polar surface area (TPSA) is 92.5 Å². The number of nitrogens with zero attached hydrogens (tertiary/aromatic N) is 1. The van der Waals surface area contributed by atoms with E-state index in [4.69, 9.17) is 29.4 Å². The summed E-state index contributed by atoms with van der Waals surface area (Å²) in [7, 11) is 0. The van der Waals surface area contributed by atoms with Crippen LogP contribution in [0.4, 0.5) is 0 Å². The molecule has 0 saturated carbocycles. The van der Waals surface area contributed by atoms with Crippen molar-refractivity contribution in [2.45, 2.75) is 6.04 Å². The number of amides is 1. The maximum atomic E-state index is 12.8. The van der Waals surface area contributed by atoms with Crippen LogP contribution in [-0.4, -0.2) is 90.0 Å². The first-order valence-corrected chi connectivity index (χ1v) is 9.77. The Kier molecular flexibility index (Phi) is 11.7. The number of ether oxygens (including phenoxy) is 5. The molecule has 8 nitrogen and oxygen atoms in total. The van der Waals surface area contributed by atoms with Crippen LogP contribution in [0.2, 0.25) is 0 Å². The molecule has 1 fully saturated rings. The Labute approximate surface area is 166 Å². The first-order chi connectivity index (χ1) is 13.8. The van der Waals surface area contributed by atoms with Gasteiger partial charge in [0, 0.05) is 13.1 Å². The highest BCUT2D eigenvalue weighted by Gasteiger charge is 2.22. The number of rotatable bonds is 2. The van der Waals surface area contributed by atoms with Gasteiger partial charge in [0.2, 0.25) is 5.91 Å². The monoisotopic (exact) mass is 396 g/mol. The van der Waals surface area contributed by atoms with E-state index >= 15 is 0 Å². The number of carbonyl (C=O) groups is 1. The molecule has 158 valence electrons. The standard InChI is InChI=1S/C20H32N2O6/c21-19(18-4-2-1-3-5-18)20(23)22-6-8-24-10-12-26-14-16-28-17-15-27-13-11-25-9-7-22/h1-5,19H,6-17,21H2. The van der Waals surface area contributed by atoms with Crippen molar-refractivity contribution in [1.29, 1.82) is 0 Å². The molecule has 0 spiro atoms. The molecule has 1 saturated heterocycles. The molecule has 0 aromatic heterocycles. The number of hydrogen-bond acceptors (Lipinski definition) is 7. The van der Waals surface area contributed by atoms with Crippen molar-refractivity contribution in [3.05, 3.63) is 35.9 Å². The molecule has 0 radical (unpaired) electrons. The lowest BCUT2D eigenvalue weighted by atomic mass is 10.1. The van der Waals surface area contributed by atoms with Crippen molar-refractivity contribution in [2.75, 3.05) is 79.2 Å². The van der Waals surface area contributed by atoms with Crippen LogP contribution in [-0.2, 0) is 28.5 Å². The van der Waals surface area contributed by atoms with E-state index in [1.165, 1.54) is 0 Å². The van der Waals surface area contributed by atoms with Gasteiger partial charge in [-0.1, -0.05) is 30.3 Å². The Balaban J connectivity index is 1.85. The highest BCUT2D eigenvalue weighted by molar-refractivity contribution is 5.83. The highest BCUT2D eigenvalue weighted by Crippen LogP contribution is 2.12. The van der Waals surface area contributed by atoms with Gasteiger partial charge in [-0.2, -0.15) is 0 Å². The minimum absolute atomic E-state index is 0.141. The van der Waals surface area contributed by atoms with Gasteiger partial charge in [0.1, 0.15) is 6.04 Å². The first kappa shape index (κ1) is 22.7. The molecule has 1 heterocycles. The van der Waals surface area contributed by atoms with Crippen LogP contribution in [0.15, 0.2) is 30.3 Å². The van der Waals surface area contributed by atoms with Crippen LogP contribution in [0.3, 0.4) is 0 Å². The van der Waals surface area contributed by atoms with Crippen molar-refractivity contribution in [2.24, 2.45) is 5.73 Å². The third-order valence-corrected chi connectivity index (χ3v) is 4.24. The summed E-state index contributed by atoms with van der Waals surface area (Å²) in [5.74, 6) is -0.141. The molecule has 1 aliphatic rings. The largest absolute Gasteiger partial charge is 0.377 e. The number of benzene rings is 1. The molecule has 8 heteroatoms. The van der Waals surface area contributed by atoms with Gasteiger partial charge in [-0.3, -0.25) is 4.79 Å². The van der Waals surface area contributed by atoms with Crippen molar-refractivity contribution in [3.63, 3.8) is 0 Å². The van der Waals surface area contributed by atoms with Gasteiger partial charge in [-0.25, -0.2) is 0 Å². The molecule has 1 aromatic rings. The maximum absolute atomic E-state index is 12.8. The van der Waals surface area contributed by atoms with Crippen LogP contribution in [0.1, 0.15) is 11.6 Å². The van der Waals surface area contributed by atoms with Crippen LogP contribution in [0, 0.1) is 0 Å². The van der Waals surface area contributed by atoms with Crippen LogP contribution < -0.4 is 5.73 Å². The second kappa shape index (κ2) is 14.4.